The summed E-state index contributed by atoms with van der Waals surface area (Å²) in [5.74, 6) is -0.302. The standard InChI is InChI=1S/C21H21ClN4O2/c1-2-26-18-9-4-3-8-17(18)23-19(21(26)28)20(27)25-12-10-24(11-13-25)16-7-5-6-15(22)14-16/h3-9,14H,2,10-13H2,1H3. The van der Waals surface area contributed by atoms with Crippen LogP contribution in [0.3, 0.4) is 0 Å². The number of hydrogen-bond acceptors (Lipinski definition) is 4. The van der Waals surface area contributed by atoms with Crippen molar-refractivity contribution >= 4 is 34.2 Å². The molecule has 1 amide bonds. The van der Waals surface area contributed by atoms with Crippen LogP contribution in [0, 0.1) is 0 Å². The summed E-state index contributed by atoms with van der Waals surface area (Å²) < 4.78 is 1.61. The topological polar surface area (TPSA) is 58.4 Å². The highest BCUT2D eigenvalue weighted by Crippen LogP contribution is 2.21. The maximum Gasteiger partial charge on any atom is 0.282 e. The van der Waals surface area contributed by atoms with Crippen molar-refractivity contribution in [3.8, 4) is 0 Å². The molecule has 28 heavy (non-hydrogen) atoms. The normalized spacial score (nSPS) is 14.5. The van der Waals surface area contributed by atoms with Crippen molar-refractivity contribution in [2.75, 3.05) is 31.1 Å². The third kappa shape index (κ3) is 3.36. The first-order chi connectivity index (χ1) is 13.6. The summed E-state index contributed by atoms with van der Waals surface area (Å²) in [6, 6.07) is 15.1. The maximum atomic E-state index is 13.0. The van der Waals surface area contributed by atoms with Crippen LogP contribution in [0.2, 0.25) is 5.02 Å². The predicted octanol–water partition coefficient (Wildman–Crippen LogP) is 3.03. The van der Waals surface area contributed by atoms with E-state index < -0.39 is 0 Å². The maximum absolute atomic E-state index is 13.0. The molecule has 1 fully saturated rings. The minimum Gasteiger partial charge on any atom is -0.368 e. The molecule has 1 aliphatic heterocycles. The molecule has 1 aliphatic rings. The van der Waals surface area contributed by atoms with Crippen molar-refractivity contribution in [1.29, 1.82) is 0 Å². The fraction of sp³-hybridized carbons (Fsp3) is 0.286. The largest absolute Gasteiger partial charge is 0.368 e. The van der Waals surface area contributed by atoms with Gasteiger partial charge in [0.15, 0.2) is 5.69 Å². The summed E-state index contributed by atoms with van der Waals surface area (Å²) in [6.45, 7) is 4.82. The lowest BCUT2D eigenvalue weighted by atomic mass is 10.2. The van der Waals surface area contributed by atoms with Gasteiger partial charge in [0.25, 0.3) is 11.5 Å². The van der Waals surface area contributed by atoms with E-state index in [1.807, 2.05) is 55.5 Å². The van der Waals surface area contributed by atoms with E-state index in [1.54, 1.807) is 9.47 Å². The first-order valence-electron chi connectivity index (χ1n) is 9.38. The number of benzene rings is 2. The average molecular weight is 397 g/mol. The Morgan fingerprint density at radius 1 is 1.07 bits per heavy atom. The van der Waals surface area contributed by atoms with E-state index in [0.29, 0.717) is 43.3 Å². The molecule has 4 rings (SSSR count). The molecular weight excluding hydrogens is 376 g/mol. The number of nitrogens with zero attached hydrogens (tertiary/aromatic N) is 4. The van der Waals surface area contributed by atoms with E-state index in [9.17, 15) is 9.59 Å². The Balaban J connectivity index is 1.58. The van der Waals surface area contributed by atoms with Crippen molar-refractivity contribution in [2.24, 2.45) is 0 Å². The lowest BCUT2D eigenvalue weighted by Crippen LogP contribution is -2.50. The quantitative estimate of drug-likeness (QED) is 0.682. The number of aryl methyl sites for hydroxylation is 1. The average Bonchev–Trinajstić information content (AvgIpc) is 2.73. The number of rotatable bonds is 3. The van der Waals surface area contributed by atoms with E-state index in [2.05, 4.69) is 9.88 Å². The van der Waals surface area contributed by atoms with E-state index in [4.69, 9.17) is 11.6 Å². The summed E-state index contributed by atoms with van der Waals surface area (Å²) in [7, 11) is 0. The van der Waals surface area contributed by atoms with Crippen molar-refractivity contribution < 1.29 is 4.79 Å². The Morgan fingerprint density at radius 3 is 2.54 bits per heavy atom. The smallest absolute Gasteiger partial charge is 0.282 e. The molecule has 2 aromatic carbocycles. The fourth-order valence-corrected chi connectivity index (χ4v) is 3.82. The van der Waals surface area contributed by atoms with Crippen molar-refractivity contribution in [2.45, 2.75) is 13.5 Å². The number of anilines is 1. The fourth-order valence-electron chi connectivity index (χ4n) is 3.64. The van der Waals surface area contributed by atoms with Crippen LogP contribution in [0.1, 0.15) is 17.4 Å². The molecule has 7 heteroatoms. The monoisotopic (exact) mass is 396 g/mol. The molecule has 0 aliphatic carbocycles. The number of amides is 1. The number of fused-ring (bicyclic) bond motifs is 1. The molecule has 1 aromatic heterocycles. The number of aromatic nitrogens is 2. The molecule has 0 atom stereocenters. The van der Waals surface area contributed by atoms with E-state index in [-0.39, 0.29) is 17.2 Å². The number of halogens is 1. The number of carbonyl (C=O) groups excluding carboxylic acids is 1. The third-order valence-electron chi connectivity index (χ3n) is 5.11. The minimum absolute atomic E-state index is 0.00300. The van der Waals surface area contributed by atoms with E-state index in [1.165, 1.54) is 0 Å². The molecule has 1 saturated heterocycles. The number of carbonyl (C=O) groups is 1. The second-order valence-electron chi connectivity index (χ2n) is 6.76. The van der Waals surface area contributed by atoms with Gasteiger partial charge in [0.05, 0.1) is 11.0 Å². The molecule has 3 aromatic rings. The zero-order valence-electron chi connectivity index (χ0n) is 15.6. The van der Waals surface area contributed by atoms with Gasteiger partial charge in [-0.15, -0.1) is 0 Å². The molecule has 6 nitrogen and oxygen atoms in total. The zero-order valence-corrected chi connectivity index (χ0v) is 16.4. The SMILES string of the molecule is CCn1c(=O)c(C(=O)N2CCN(c3cccc(Cl)c3)CC2)nc2ccccc21. The van der Waals surface area contributed by atoms with Crippen molar-refractivity contribution in [3.63, 3.8) is 0 Å². The number of para-hydroxylation sites is 2. The van der Waals surface area contributed by atoms with Crippen LogP contribution in [0.4, 0.5) is 5.69 Å². The first-order valence-corrected chi connectivity index (χ1v) is 9.75. The zero-order chi connectivity index (χ0) is 19.7. The second kappa shape index (κ2) is 7.64. The summed E-state index contributed by atoms with van der Waals surface area (Å²) in [6.07, 6.45) is 0. The molecule has 0 spiro atoms. The summed E-state index contributed by atoms with van der Waals surface area (Å²) in [4.78, 5) is 34.2. The van der Waals surface area contributed by atoms with Gasteiger partial charge in [-0.1, -0.05) is 29.8 Å². The Kier molecular flexibility index (Phi) is 5.05. The van der Waals surface area contributed by atoms with Gasteiger partial charge in [-0.2, -0.15) is 0 Å². The van der Waals surface area contributed by atoms with Crippen LogP contribution in [-0.4, -0.2) is 46.5 Å². The van der Waals surface area contributed by atoms with E-state index in [0.717, 1.165) is 11.2 Å². The van der Waals surface area contributed by atoms with Crippen LogP contribution < -0.4 is 10.5 Å². The van der Waals surface area contributed by atoms with Gasteiger partial charge in [0.1, 0.15) is 0 Å². The van der Waals surface area contributed by atoms with Gasteiger partial charge < -0.3 is 14.4 Å². The summed E-state index contributed by atoms with van der Waals surface area (Å²) in [5.41, 5.74) is 2.11. The molecule has 0 bridgehead atoms. The highest BCUT2D eigenvalue weighted by molar-refractivity contribution is 6.30. The number of hydrogen-bond donors (Lipinski definition) is 0. The minimum atomic E-state index is -0.330. The highest BCUT2D eigenvalue weighted by atomic mass is 35.5. The Bertz CT molecular complexity index is 1090. The van der Waals surface area contributed by atoms with Crippen LogP contribution in [-0.2, 0) is 6.54 Å². The van der Waals surface area contributed by atoms with Gasteiger partial charge in [0, 0.05) is 43.4 Å². The lowest BCUT2D eigenvalue weighted by Gasteiger charge is -2.36. The molecule has 0 radical (unpaired) electrons. The molecule has 0 saturated carbocycles. The van der Waals surface area contributed by atoms with E-state index >= 15 is 0 Å². The summed E-state index contributed by atoms with van der Waals surface area (Å²) in [5, 5.41) is 0.691. The lowest BCUT2D eigenvalue weighted by molar-refractivity contribution is 0.0738. The third-order valence-corrected chi connectivity index (χ3v) is 5.35. The van der Waals surface area contributed by atoms with Crippen LogP contribution in [0.15, 0.2) is 53.3 Å². The Hall–Kier alpha value is -2.86. The van der Waals surface area contributed by atoms with Crippen LogP contribution in [0.25, 0.3) is 11.0 Å². The second-order valence-corrected chi connectivity index (χ2v) is 7.19. The van der Waals surface area contributed by atoms with Crippen LogP contribution in [0.5, 0.6) is 0 Å². The van der Waals surface area contributed by atoms with Crippen LogP contribution >= 0.6 is 11.6 Å². The van der Waals surface area contributed by atoms with Crippen molar-refractivity contribution in [3.05, 3.63) is 69.6 Å². The Labute approximate surface area is 168 Å². The van der Waals surface area contributed by atoms with Gasteiger partial charge in [-0.05, 0) is 37.3 Å². The molecule has 2 heterocycles. The highest BCUT2D eigenvalue weighted by Gasteiger charge is 2.26. The Morgan fingerprint density at radius 2 is 1.82 bits per heavy atom. The number of piperazine rings is 1. The summed E-state index contributed by atoms with van der Waals surface area (Å²) >= 11 is 6.08. The molecule has 0 N–H and O–H groups in total. The molecular formula is C21H21ClN4O2. The van der Waals surface area contributed by atoms with Gasteiger partial charge in [0.2, 0.25) is 0 Å². The molecule has 0 unspecified atom stereocenters. The first kappa shape index (κ1) is 18.5. The van der Waals surface area contributed by atoms with Gasteiger partial charge in [-0.25, -0.2) is 4.98 Å². The van der Waals surface area contributed by atoms with Gasteiger partial charge >= 0.3 is 0 Å². The van der Waals surface area contributed by atoms with Gasteiger partial charge in [-0.3, -0.25) is 9.59 Å². The predicted molar refractivity (Wildman–Crippen MR) is 111 cm³/mol. The van der Waals surface area contributed by atoms with Crippen molar-refractivity contribution in [1.82, 2.24) is 14.5 Å². The molecule has 144 valence electrons.